The monoisotopic (exact) mass is 282 g/mol. The van der Waals surface area contributed by atoms with Crippen LogP contribution in [0.4, 0.5) is 0 Å². The van der Waals surface area contributed by atoms with Crippen molar-refractivity contribution in [1.82, 2.24) is 0 Å². The second-order valence-electron chi connectivity index (χ2n) is 5.44. The van der Waals surface area contributed by atoms with Crippen molar-refractivity contribution in [2.24, 2.45) is 0 Å². The number of benzene rings is 2. The number of carbonyl (C=O) groups is 1. The predicted molar refractivity (Wildman–Crippen MR) is 86.3 cm³/mol. The van der Waals surface area contributed by atoms with Crippen molar-refractivity contribution in [2.75, 3.05) is 6.61 Å². The van der Waals surface area contributed by atoms with Gasteiger partial charge in [-0.1, -0.05) is 29.8 Å². The molecule has 21 heavy (non-hydrogen) atoms. The Hall–Kier alpha value is -2.09. The summed E-state index contributed by atoms with van der Waals surface area (Å²) in [7, 11) is 0. The predicted octanol–water partition coefficient (Wildman–Crippen LogP) is 4.44. The molecule has 0 spiro atoms. The van der Waals surface area contributed by atoms with Gasteiger partial charge in [0.25, 0.3) is 0 Å². The molecule has 0 radical (unpaired) electrons. The highest BCUT2D eigenvalue weighted by Crippen LogP contribution is 2.20. The summed E-state index contributed by atoms with van der Waals surface area (Å²) in [6, 6.07) is 11.7. The molecule has 2 heteroatoms. The number of carbonyl (C=O) groups excluding carboxylic acids is 1. The van der Waals surface area contributed by atoms with Gasteiger partial charge in [0.15, 0.2) is 5.78 Å². The third-order valence-electron chi connectivity index (χ3n) is 3.64. The van der Waals surface area contributed by atoms with E-state index in [-0.39, 0.29) is 5.78 Å². The fourth-order valence-corrected chi connectivity index (χ4v) is 2.68. The molecule has 0 atom stereocenters. The van der Waals surface area contributed by atoms with Gasteiger partial charge in [-0.25, -0.2) is 0 Å². The molecule has 0 aliphatic heterocycles. The average molecular weight is 282 g/mol. The van der Waals surface area contributed by atoms with Crippen LogP contribution in [0.2, 0.25) is 0 Å². The molecule has 0 aromatic heterocycles. The Morgan fingerprint density at radius 1 is 1.05 bits per heavy atom. The first kappa shape index (κ1) is 15.3. The summed E-state index contributed by atoms with van der Waals surface area (Å²) in [5.74, 6) is 0.882. The fraction of sp³-hybridized carbons (Fsp3) is 0.316. The molecule has 0 amide bonds. The van der Waals surface area contributed by atoms with Crippen LogP contribution in [-0.2, 0) is 6.42 Å². The van der Waals surface area contributed by atoms with Crippen molar-refractivity contribution >= 4 is 5.78 Å². The van der Waals surface area contributed by atoms with Crippen LogP contribution in [0.1, 0.15) is 39.5 Å². The number of hydrogen-bond acceptors (Lipinski definition) is 2. The minimum atomic E-state index is 0.131. The van der Waals surface area contributed by atoms with Gasteiger partial charge in [-0.3, -0.25) is 4.79 Å². The minimum absolute atomic E-state index is 0.131. The first-order valence-corrected chi connectivity index (χ1v) is 7.34. The first-order chi connectivity index (χ1) is 10.0. The largest absolute Gasteiger partial charge is 0.494 e. The number of Topliss-reactive ketones (excluding diaryl/α,β-unsaturated/α-hetero) is 1. The number of aryl methyl sites for hydroxylation is 3. The van der Waals surface area contributed by atoms with Crippen LogP contribution in [0.25, 0.3) is 0 Å². The Balaban J connectivity index is 2.24. The molecule has 2 rings (SSSR count). The molecular weight excluding hydrogens is 260 g/mol. The summed E-state index contributed by atoms with van der Waals surface area (Å²) in [5.41, 5.74) is 5.44. The van der Waals surface area contributed by atoms with Crippen molar-refractivity contribution < 1.29 is 9.53 Å². The lowest BCUT2D eigenvalue weighted by atomic mass is 9.94. The smallest absolute Gasteiger partial charge is 0.167 e. The van der Waals surface area contributed by atoms with Crippen LogP contribution in [-0.4, -0.2) is 12.4 Å². The van der Waals surface area contributed by atoms with E-state index in [0.717, 1.165) is 11.3 Å². The van der Waals surface area contributed by atoms with E-state index in [1.165, 1.54) is 16.7 Å². The van der Waals surface area contributed by atoms with Crippen LogP contribution in [0, 0.1) is 20.8 Å². The highest BCUT2D eigenvalue weighted by Gasteiger charge is 2.12. The van der Waals surface area contributed by atoms with Gasteiger partial charge in [-0.2, -0.15) is 0 Å². The maximum Gasteiger partial charge on any atom is 0.167 e. The first-order valence-electron chi connectivity index (χ1n) is 7.34. The van der Waals surface area contributed by atoms with E-state index in [9.17, 15) is 4.79 Å². The highest BCUT2D eigenvalue weighted by molar-refractivity contribution is 5.98. The summed E-state index contributed by atoms with van der Waals surface area (Å²) < 4.78 is 5.46. The van der Waals surface area contributed by atoms with E-state index in [1.54, 1.807) is 0 Å². The van der Waals surface area contributed by atoms with E-state index in [0.29, 0.717) is 18.6 Å². The highest BCUT2D eigenvalue weighted by atomic mass is 16.5. The van der Waals surface area contributed by atoms with Crippen LogP contribution < -0.4 is 4.74 Å². The van der Waals surface area contributed by atoms with Crippen molar-refractivity contribution in [3.05, 3.63) is 64.2 Å². The Morgan fingerprint density at radius 2 is 1.71 bits per heavy atom. The molecule has 2 aromatic carbocycles. The third-order valence-corrected chi connectivity index (χ3v) is 3.64. The van der Waals surface area contributed by atoms with Crippen LogP contribution in [0.5, 0.6) is 5.75 Å². The molecule has 0 heterocycles. The second-order valence-corrected chi connectivity index (χ2v) is 5.44. The third kappa shape index (κ3) is 3.72. The lowest BCUT2D eigenvalue weighted by Gasteiger charge is -2.11. The zero-order valence-corrected chi connectivity index (χ0v) is 13.2. The molecule has 0 N–H and O–H groups in total. The lowest BCUT2D eigenvalue weighted by Crippen LogP contribution is -2.07. The molecule has 0 saturated carbocycles. The zero-order valence-electron chi connectivity index (χ0n) is 13.2. The topological polar surface area (TPSA) is 26.3 Å². The standard InChI is InChI=1S/C19H22O2/c1-5-21-17-8-6-7-16(11-17)19(20)12-18-14(3)9-13(2)10-15(18)4/h6-11H,5,12H2,1-4H3. The Bertz CT molecular complexity index is 633. The molecule has 0 saturated heterocycles. The summed E-state index contributed by atoms with van der Waals surface area (Å²) in [6.45, 7) is 8.76. The van der Waals surface area contributed by atoms with Gasteiger partial charge in [0.2, 0.25) is 0 Å². The molecule has 0 fully saturated rings. The summed E-state index contributed by atoms with van der Waals surface area (Å²) in [4.78, 5) is 12.5. The maximum atomic E-state index is 12.5. The van der Waals surface area contributed by atoms with Crippen molar-refractivity contribution in [3.8, 4) is 5.75 Å². The summed E-state index contributed by atoms with van der Waals surface area (Å²) >= 11 is 0. The second kappa shape index (κ2) is 6.57. The number of rotatable bonds is 5. The number of ketones is 1. The van der Waals surface area contributed by atoms with Crippen LogP contribution in [0.15, 0.2) is 36.4 Å². The zero-order chi connectivity index (χ0) is 15.4. The van der Waals surface area contributed by atoms with E-state index in [2.05, 4.69) is 32.9 Å². The Labute approximate surface area is 126 Å². The van der Waals surface area contributed by atoms with Crippen molar-refractivity contribution in [3.63, 3.8) is 0 Å². The molecule has 0 aliphatic carbocycles. The Morgan fingerprint density at radius 3 is 2.33 bits per heavy atom. The van der Waals surface area contributed by atoms with Gasteiger partial charge in [0.05, 0.1) is 6.61 Å². The Kier molecular flexibility index (Phi) is 4.79. The van der Waals surface area contributed by atoms with Crippen molar-refractivity contribution in [2.45, 2.75) is 34.1 Å². The van der Waals surface area contributed by atoms with Crippen LogP contribution >= 0.6 is 0 Å². The van der Waals surface area contributed by atoms with Gasteiger partial charge >= 0.3 is 0 Å². The normalized spacial score (nSPS) is 10.5. The molecule has 0 bridgehead atoms. The molecular formula is C19H22O2. The van der Waals surface area contributed by atoms with Gasteiger partial charge in [0, 0.05) is 12.0 Å². The average Bonchev–Trinajstić information content (AvgIpc) is 2.43. The van der Waals surface area contributed by atoms with E-state index in [1.807, 2.05) is 31.2 Å². The van der Waals surface area contributed by atoms with E-state index < -0.39 is 0 Å². The fourth-order valence-electron chi connectivity index (χ4n) is 2.68. The quantitative estimate of drug-likeness (QED) is 0.758. The lowest BCUT2D eigenvalue weighted by molar-refractivity contribution is 0.0992. The summed E-state index contributed by atoms with van der Waals surface area (Å²) in [5, 5.41) is 0. The number of hydrogen-bond donors (Lipinski definition) is 0. The maximum absolute atomic E-state index is 12.5. The van der Waals surface area contributed by atoms with Gasteiger partial charge in [-0.15, -0.1) is 0 Å². The van der Waals surface area contributed by atoms with Gasteiger partial charge in [-0.05, 0) is 56.5 Å². The van der Waals surface area contributed by atoms with Gasteiger partial charge < -0.3 is 4.74 Å². The molecule has 2 aromatic rings. The van der Waals surface area contributed by atoms with Gasteiger partial charge in [0.1, 0.15) is 5.75 Å². The molecule has 0 unspecified atom stereocenters. The SMILES string of the molecule is CCOc1cccc(C(=O)Cc2c(C)cc(C)cc2C)c1. The van der Waals surface area contributed by atoms with E-state index >= 15 is 0 Å². The van der Waals surface area contributed by atoms with E-state index in [4.69, 9.17) is 4.74 Å². The summed E-state index contributed by atoms with van der Waals surface area (Å²) in [6.07, 6.45) is 0.438. The van der Waals surface area contributed by atoms with Crippen molar-refractivity contribution in [1.29, 1.82) is 0 Å². The molecule has 2 nitrogen and oxygen atoms in total. The number of ether oxygens (including phenoxy) is 1. The molecule has 0 aliphatic rings. The van der Waals surface area contributed by atoms with Crippen LogP contribution in [0.3, 0.4) is 0 Å². The molecule has 110 valence electrons. The minimum Gasteiger partial charge on any atom is -0.494 e.